The van der Waals surface area contributed by atoms with Crippen LogP contribution in [0.2, 0.25) is 0 Å². The van der Waals surface area contributed by atoms with E-state index in [1.54, 1.807) is 0 Å². The molecule has 4 heteroatoms. The van der Waals surface area contributed by atoms with Crippen LogP contribution in [0.5, 0.6) is 0 Å². The van der Waals surface area contributed by atoms with Gasteiger partial charge in [-0.25, -0.2) is 0 Å². The van der Waals surface area contributed by atoms with Crippen LogP contribution < -0.4 is 0 Å². The molecule has 0 spiro atoms. The summed E-state index contributed by atoms with van der Waals surface area (Å²) in [6, 6.07) is 0. The van der Waals surface area contributed by atoms with Crippen LogP contribution >= 0.6 is 0 Å². The van der Waals surface area contributed by atoms with Gasteiger partial charge >= 0.3 is 11.9 Å². The molecule has 0 rings (SSSR count). The van der Waals surface area contributed by atoms with Crippen LogP contribution in [-0.4, -0.2) is 23.7 Å². The smallest absolute Gasteiger partial charge is 0.309 e. The Hall–Kier alpha value is -1.58. The van der Waals surface area contributed by atoms with Crippen molar-refractivity contribution in [2.24, 2.45) is 5.92 Å². The molecule has 0 radical (unpaired) electrons. The molecule has 0 aromatic rings. The van der Waals surface area contributed by atoms with Crippen molar-refractivity contribution in [2.45, 2.75) is 174 Å². The van der Waals surface area contributed by atoms with E-state index in [4.69, 9.17) is 9.84 Å². The summed E-state index contributed by atoms with van der Waals surface area (Å²) in [5.74, 6) is -1.88. The molecule has 1 atom stereocenters. The molecule has 0 aliphatic carbocycles. The molecule has 1 N–H and O–H groups in total. The van der Waals surface area contributed by atoms with Gasteiger partial charge in [0.15, 0.2) is 0 Å². The van der Waals surface area contributed by atoms with E-state index in [0.29, 0.717) is 6.42 Å². The maximum Gasteiger partial charge on any atom is 0.309 e. The lowest BCUT2D eigenvalue weighted by atomic mass is 9.97. The lowest BCUT2D eigenvalue weighted by Gasteiger charge is -2.13. The highest BCUT2D eigenvalue weighted by Crippen LogP contribution is 2.18. The summed E-state index contributed by atoms with van der Waals surface area (Å²) in [5, 5.41) is 9.02. The minimum Gasteiger partial charge on any atom is -0.481 e. The molecule has 1 unspecified atom stereocenters. The second kappa shape index (κ2) is 31.0. The van der Waals surface area contributed by atoms with Crippen LogP contribution in [0.1, 0.15) is 174 Å². The number of hydrogen-bond donors (Lipinski definition) is 1. The highest BCUT2D eigenvalue weighted by atomic mass is 16.5. The molecular formula is C35H64O4. The Balaban J connectivity index is 3.36. The van der Waals surface area contributed by atoms with Crippen LogP contribution in [0.25, 0.3) is 0 Å². The van der Waals surface area contributed by atoms with Crippen LogP contribution in [0, 0.1) is 5.92 Å². The average Bonchev–Trinajstić information content (AvgIpc) is 2.92. The second-order valence-electron chi connectivity index (χ2n) is 11.5. The van der Waals surface area contributed by atoms with Crippen molar-refractivity contribution < 1.29 is 19.4 Å². The SMILES string of the molecule is C=CCOC(=O)C(CCCCCCCCCCCCCCC/C=C/CCCCCCCCCCC)CC(=O)O. The maximum atomic E-state index is 12.0. The van der Waals surface area contributed by atoms with Gasteiger partial charge in [-0.15, -0.1) is 0 Å². The first-order valence-electron chi connectivity index (χ1n) is 16.8. The zero-order valence-electron chi connectivity index (χ0n) is 25.8. The molecule has 0 saturated heterocycles. The van der Waals surface area contributed by atoms with Gasteiger partial charge in [-0.2, -0.15) is 0 Å². The standard InChI is InChI=1S/C35H64O4/c1-3-5-6-7-8-9-10-11-12-13-14-15-16-17-18-19-20-21-22-23-24-25-26-27-28-29-30-33(32-34(36)37)35(38)39-31-4-2/h4,14-15,33H,2-3,5-13,16-32H2,1H3,(H,36,37)/b15-14+. The van der Waals surface area contributed by atoms with Crippen molar-refractivity contribution in [1.29, 1.82) is 0 Å². The molecule has 39 heavy (non-hydrogen) atoms. The first kappa shape index (κ1) is 37.4. The highest BCUT2D eigenvalue weighted by Gasteiger charge is 2.22. The van der Waals surface area contributed by atoms with Gasteiger partial charge in [0.1, 0.15) is 6.61 Å². The molecule has 0 bridgehead atoms. The lowest BCUT2D eigenvalue weighted by molar-refractivity contribution is -0.152. The number of carboxylic acids is 1. The largest absolute Gasteiger partial charge is 0.481 e. The van der Waals surface area contributed by atoms with Crippen molar-refractivity contribution in [3.63, 3.8) is 0 Å². The minimum absolute atomic E-state index is 0.145. The number of rotatable bonds is 31. The predicted octanol–water partition coefficient (Wildman–Crippen LogP) is 11.1. The van der Waals surface area contributed by atoms with E-state index in [-0.39, 0.29) is 13.0 Å². The monoisotopic (exact) mass is 548 g/mol. The summed E-state index contributed by atoms with van der Waals surface area (Å²) in [4.78, 5) is 23.0. The minimum atomic E-state index is -0.942. The van der Waals surface area contributed by atoms with Gasteiger partial charge in [-0.3, -0.25) is 9.59 Å². The molecule has 0 aromatic carbocycles. The fourth-order valence-corrected chi connectivity index (χ4v) is 5.18. The number of carbonyl (C=O) groups is 2. The van der Waals surface area contributed by atoms with Gasteiger partial charge in [0, 0.05) is 0 Å². The fraction of sp³-hybridized carbons (Fsp3) is 0.829. The summed E-state index contributed by atoms with van der Waals surface area (Å²) in [5.41, 5.74) is 0. The van der Waals surface area contributed by atoms with Gasteiger partial charge in [0.25, 0.3) is 0 Å². The molecule has 0 aromatic heterocycles. The van der Waals surface area contributed by atoms with Gasteiger partial charge in [0.05, 0.1) is 12.3 Å². The van der Waals surface area contributed by atoms with E-state index in [1.807, 2.05) is 0 Å². The van der Waals surface area contributed by atoms with E-state index in [2.05, 4.69) is 25.7 Å². The fourth-order valence-electron chi connectivity index (χ4n) is 5.18. The quantitative estimate of drug-likeness (QED) is 0.0531. The Labute approximate surface area is 242 Å². The number of unbranched alkanes of at least 4 members (excludes halogenated alkanes) is 22. The number of carbonyl (C=O) groups excluding carboxylic acids is 1. The average molecular weight is 549 g/mol. The first-order valence-corrected chi connectivity index (χ1v) is 16.8. The summed E-state index contributed by atoms with van der Waals surface area (Å²) >= 11 is 0. The Morgan fingerprint density at radius 2 is 1.03 bits per heavy atom. The summed E-state index contributed by atoms with van der Waals surface area (Å²) in [7, 11) is 0. The maximum absolute atomic E-state index is 12.0. The molecule has 0 amide bonds. The van der Waals surface area contributed by atoms with E-state index < -0.39 is 17.9 Å². The van der Waals surface area contributed by atoms with Gasteiger partial charge < -0.3 is 9.84 Å². The van der Waals surface area contributed by atoms with E-state index in [9.17, 15) is 9.59 Å². The summed E-state index contributed by atoms with van der Waals surface area (Å²) in [6.07, 6.45) is 38.6. The van der Waals surface area contributed by atoms with Crippen molar-refractivity contribution in [1.82, 2.24) is 0 Å². The van der Waals surface area contributed by atoms with Crippen molar-refractivity contribution >= 4 is 11.9 Å². The van der Waals surface area contributed by atoms with E-state index in [0.717, 1.165) is 19.3 Å². The molecule has 0 heterocycles. The Bertz CT molecular complexity index is 583. The van der Waals surface area contributed by atoms with Crippen LogP contribution in [0.4, 0.5) is 0 Å². The number of carboxylic acid groups (broad SMARTS) is 1. The Kier molecular flexibility index (Phi) is 29.7. The van der Waals surface area contributed by atoms with Crippen molar-refractivity contribution in [2.75, 3.05) is 6.61 Å². The number of esters is 1. The zero-order valence-corrected chi connectivity index (χ0v) is 25.8. The molecule has 0 aliphatic heterocycles. The highest BCUT2D eigenvalue weighted by molar-refractivity contribution is 5.79. The van der Waals surface area contributed by atoms with Crippen molar-refractivity contribution in [3.8, 4) is 0 Å². The Morgan fingerprint density at radius 3 is 1.41 bits per heavy atom. The molecule has 228 valence electrons. The zero-order chi connectivity index (χ0) is 28.7. The van der Waals surface area contributed by atoms with E-state index >= 15 is 0 Å². The molecule has 0 fully saturated rings. The molecule has 0 saturated carbocycles. The molecular weight excluding hydrogens is 484 g/mol. The predicted molar refractivity (Wildman–Crippen MR) is 167 cm³/mol. The number of allylic oxidation sites excluding steroid dienone is 2. The summed E-state index contributed by atoms with van der Waals surface area (Å²) in [6.45, 7) is 5.95. The van der Waals surface area contributed by atoms with Crippen molar-refractivity contribution in [3.05, 3.63) is 24.8 Å². The van der Waals surface area contributed by atoms with Crippen LogP contribution in [-0.2, 0) is 14.3 Å². The van der Waals surface area contributed by atoms with Gasteiger partial charge in [0.2, 0.25) is 0 Å². The number of aliphatic carboxylic acids is 1. The third-order valence-electron chi connectivity index (χ3n) is 7.66. The van der Waals surface area contributed by atoms with Gasteiger partial charge in [-0.1, -0.05) is 160 Å². The normalized spacial score (nSPS) is 12.1. The second-order valence-corrected chi connectivity index (χ2v) is 11.5. The number of hydrogen-bond acceptors (Lipinski definition) is 3. The Morgan fingerprint density at radius 1 is 0.641 bits per heavy atom. The summed E-state index contributed by atoms with van der Waals surface area (Å²) < 4.78 is 5.04. The molecule has 0 aliphatic rings. The number of ether oxygens (including phenoxy) is 1. The topological polar surface area (TPSA) is 63.6 Å². The third kappa shape index (κ3) is 29.2. The van der Waals surface area contributed by atoms with Crippen LogP contribution in [0.3, 0.4) is 0 Å². The van der Waals surface area contributed by atoms with Gasteiger partial charge in [-0.05, 0) is 32.1 Å². The first-order chi connectivity index (χ1) is 19.1. The lowest BCUT2D eigenvalue weighted by Crippen LogP contribution is -2.21. The third-order valence-corrected chi connectivity index (χ3v) is 7.66. The van der Waals surface area contributed by atoms with E-state index in [1.165, 1.54) is 141 Å². The molecule has 4 nitrogen and oxygen atoms in total. The van der Waals surface area contributed by atoms with Crippen LogP contribution in [0.15, 0.2) is 24.8 Å².